The molecule has 1 aliphatic heterocycles. The van der Waals surface area contributed by atoms with Gasteiger partial charge >= 0.3 is 0 Å². The van der Waals surface area contributed by atoms with Crippen LogP contribution in [0.2, 0.25) is 0 Å². The molecule has 0 saturated heterocycles. The number of hydrogen-bond acceptors (Lipinski definition) is 7. The summed E-state index contributed by atoms with van der Waals surface area (Å²) >= 11 is 0. The molecule has 0 radical (unpaired) electrons. The lowest BCUT2D eigenvalue weighted by molar-refractivity contribution is 0.0849. The molecule has 2 aromatic carbocycles. The second kappa shape index (κ2) is 11.3. The number of fused-ring (bicyclic) bond motifs is 1. The number of carbonyl (C=O) groups is 1. The van der Waals surface area contributed by atoms with E-state index in [1.807, 2.05) is 18.2 Å². The molecule has 1 amide bonds. The van der Waals surface area contributed by atoms with Crippen LogP contribution in [0.3, 0.4) is 0 Å². The maximum atomic E-state index is 13.2. The molecule has 1 aliphatic rings. The van der Waals surface area contributed by atoms with Crippen molar-refractivity contribution in [3.8, 4) is 17.2 Å². The number of aromatic amines is 1. The third-order valence-electron chi connectivity index (χ3n) is 5.53. The molecule has 0 aliphatic carbocycles. The summed E-state index contributed by atoms with van der Waals surface area (Å²) in [5.74, 6) is 2.03. The topological polar surface area (TPSA) is 102 Å². The molecule has 9 heteroatoms. The molecule has 0 fully saturated rings. The molecule has 1 N–H and O–H groups in total. The van der Waals surface area contributed by atoms with Crippen molar-refractivity contribution in [1.29, 1.82) is 0 Å². The Balaban J connectivity index is 1.39. The van der Waals surface area contributed by atoms with Gasteiger partial charge in [0.25, 0.3) is 5.91 Å². The number of rotatable bonds is 10. The number of unbranched alkanes of at least 4 members (excludes halogenated alkanes) is 3. The quantitative estimate of drug-likeness (QED) is 0.349. The third-order valence-corrected chi connectivity index (χ3v) is 5.53. The van der Waals surface area contributed by atoms with Gasteiger partial charge in [-0.15, -0.1) is 5.10 Å². The highest BCUT2D eigenvalue weighted by Crippen LogP contribution is 2.43. The number of para-hydroxylation sites is 1. The third kappa shape index (κ3) is 5.54. The van der Waals surface area contributed by atoms with Crippen molar-refractivity contribution in [2.45, 2.75) is 38.7 Å². The monoisotopic (exact) mass is 463 g/mol. The number of nitrogens with one attached hydrogen (secondary N) is 1. The van der Waals surface area contributed by atoms with Crippen LogP contribution in [-0.4, -0.2) is 46.8 Å². The number of allylic oxidation sites excluding steroid dienone is 1. The Morgan fingerprint density at radius 1 is 1.21 bits per heavy atom. The van der Waals surface area contributed by atoms with Gasteiger partial charge in [0.05, 0.1) is 5.69 Å². The fraction of sp³-hybridized carbons (Fsp3) is 0.360. The number of tetrazole rings is 1. The molecule has 2 heterocycles. The van der Waals surface area contributed by atoms with E-state index in [0.29, 0.717) is 35.2 Å². The average Bonchev–Trinajstić information content (AvgIpc) is 3.42. The van der Waals surface area contributed by atoms with Gasteiger partial charge < -0.3 is 19.1 Å². The molecule has 1 aromatic heterocycles. The Morgan fingerprint density at radius 2 is 2.06 bits per heavy atom. The van der Waals surface area contributed by atoms with Gasteiger partial charge in [-0.25, -0.2) is 5.10 Å². The first-order valence-electron chi connectivity index (χ1n) is 11.5. The summed E-state index contributed by atoms with van der Waals surface area (Å²) in [6.07, 6.45) is 8.44. The van der Waals surface area contributed by atoms with E-state index in [1.54, 1.807) is 37.4 Å². The van der Waals surface area contributed by atoms with Crippen LogP contribution < -0.4 is 19.1 Å². The van der Waals surface area contributed by atoms with Gasteiger partial charge in [-0.05, 0) is 59.7 Å². The maximum Gasteiger partial charge on any atom is 0.258 e. The van der Waals surface area contributed by atoms with Gasteiger partial charge in [-0.2, -0.15) is 0 Å². The van der Waals surface area contributed by atoms with Gasteiger partial charge in [0.2, 0.25) is 0 Å². The van der Waals surface area contributed by atoms with Crippen molar-refractivity contribution >= 4 is 11.6 Å². The molecule has 0 bridgehead atoms. The first-order valence-corrected chi connectivity index (χ1v) is 11.5. The predicted molar refractivity (Wildman–Crippen MR) is 127 cm³/mol. The lowest BCUT2D eigenvalue weighted by Crippen LogP contribution is -2.29. The highest BCUT2D eigenvalue weighted by molar-refractivity contribution is 6.06. The number of aromatic nitrogens is 4. The van der Waals surface area contributed by atoms with Crippen LogP contribution >= 0.6 is 0 Å². The molecule has 3 aromatic rings. The minimum absolute atomic E-state index is 0.178. The van der Waals surface area contributed by atoms with Gasteiger partial charge in [-0.3, -0.25) is 4.79 Å². The van der Waals surface area contributed by atoms with Crippen molar-refractivity contribution in [3.05, 3.63) is 66.0 Å². The largest absolute Gasteiger partial charge is 0.490 e. The zero-order chi connectivity index (χ0) is 23.8. The Hall–Kier alpha value is -3.88. The lowest BCUT2D eigenvalue weighted by Gasteiger charge is -2.29. The number of H-pyrrole nitrogens is 1. The SMILES string of the molecule is CCCCC/C=C/COc1ccc(C(=O)N(C)c2cccc3c2OC(c2nnn[nH]2)CO3)cc1. The smallest absolute Gasteiger partial charge is 0.258 e. The number of carbonyl (C=O) groups excluding carboxylic acids is 1. The second-order valence-corrected chi connectivity index (χ2v) is 7.98. The number of anilines is 1. The van der Waals surface area contributed by atoms with E-state index in [4.69, 9.17) is 14.2 Å². The van der Waals surface area contributed by atoms with Gasteiger partial charge in [0, 0.05) is 12.6 Å². The molecule has 1 atom stereocenters. The fourth-order valence-electron chi connectivity index (χ4n) is 3.62. The minimum Gasteiger partial charge on any atom is -0.490 e. The number of hydrogen-bond donors (Lipinski definition) is 1. The highest BCUT2D eigenvalue weighted by atomic mass is 16.6. The number of ether oxygens (including phenoxy) is 3. The summed E-state index contributed by atoms with van der Waals surface area (Å²) in [6, 6.07) is 12.6. The first kappa shape index (κ1) is 23.3. The summed E-state index contributed by atoms with van der Waals surface area (Å²) in [5.41, 5.74) is 1.13. The van der Waals surface area contributed by atoms with Crippen molar-refractivity contribution in [1.82, 2.24) is 20.6 Å². The summed E-state index contributed by atoms with van der Waals surface area (Å²) in [6.45, 7) is 2.97. The molecular weight excluding hydrogens is 434 g/mol. The van der Waals surface area contributed by atoms with Crippen LogP contribution in [0.25, 0.3) is 0 Å². The lowest BCUT2D eigenvalue weighted by atomic mass is 10.1. The summed E-state index contributed by atoms with van der Waals surface area (Å²) in [5, 5.41) is 13.8. The van der Waals surface area contributed by atoms with Gasteiger partial charge in [-0.1, -0.05) is 38.0 Å². The predicted octanol–water partition coefficient (Wildman–Crippen LogP) is 4.50. The van der Waals surface area contributed by atoms with E-state index < -0.39 is 6.10 Å². The van der Waals surface area contributed by atoms with Crippen molar-refractivity contribution in [2.75, 3.05) is 25.2 Å². The van der Waals surface area contributed by atoms with Gasteiger partial charge in [0.15, 0.2) is 23.4 Å². The maximum absolute atomic E-state index is 13.2. The average molecular weight is 464 g/mol. The Kier molecular flexibility index (Phi) is 7.75. The number of benzene rings is 2. The number of nitrogens with zero attached hydrogens (tertiary/aromatic N) is 4. The van der Waals surface area contributed by atoms with Crippen LogP contribution in [0.5, 0.6) is 17.2 Å². The Bertz CT molecular complexity index is 1100. The molecule has 178 valence electrons. The van der Waals surface area contributed by atoms with Crippen LogP contribution in [0.1, 0.15) is 54.9 Å². The zero-order valence-corrected chi connectivity index (χ0v) is 19.4. The summed E-state index contributed by atoms with van der Waals surface area (Å²) < 4.78 is 17.7. The molecular formula is C25H29N5O4. The van der Waals surface area contributed by atoms with E-state index >= 15 is 0 Å². The summed E-state index contributed by atoms with van der Waals surface area (Å²) in [4.78, 5) is 14.7. The zero-order valence-electron chi connectivity index (χ0n) is 19.4. The first-order chi connectivity index (χ1) is 16.7. The van der Waals surface area contributed by atoms with E-state index in [0.717, 1.165) is 12.2 Å². The van der Waals surface area contributed by atoms with Crippen molar-refractivity contribution in [3.63, 3.8) is 0 Å². The van der Waals surface area contributed by atoms with Crippen LogP contribution in [0.4, 0.5) is 5.69 Å². The molecule has 4 rings (SSSR count). The number of amides is 1. The molecule has 1 unspecified atom stereocenters. The van der Waals surface area contributed by atoms with E-state index in [1.165, 1.54) is 24.2 Å². The Labute approximate surface area is 198 Å². The van der Waals surface area contributed by atoms with Crippen LogP contribution in [0.15, 0.2) is 54.6 Å². The van der Waals surface area contributed by atoms with E-state index in [9.17, 15) is 4.79 Å². The van der Waals surface area contributed by atoms with E-state index in [-0.39, 0.29) is 12.5 Å². The molecule has 34 heavy (non-hydrogen) atoms. The fourth-order valence-corrected chi connectivity index (χ4v) is 3.62. The standard InChI is InChI=1S/C25H29N5O4/c1-3-4-5-6-7-8-16-32-19-14-12-18(13-15-19)25(31)30(2)20-10-9-11-21-23(20)34-22(17-33-21)24-26-28-29-27-24/h7-15,22H,3-6,16-17H2,1-2H3,(H,26,27,28,29)/b8-7+. The normalized spacial score (nSPS) is 14.8. The second-order valence-electron chi connectivity index (χ2n) is 7.98. The van der Waals surface area contributed by atoms with Crippen molar-refractivity contribution in [2.24, 2.45) is 0 Å². The van der Waals surface area contributed by atoms with Crippen molar-refractivity contribution < 1.29 is 19.0 Å². The molecule has 0 spiro atoms. The van der Waals surface area contributed by atoms with Crippen LogP contribution in [0, 0.1) is 0 Å². The minimum atomic E-state index is -0.496. The summed E-state index contributed by atoms with van der Waals surface area (Å²) in [7, 11) is 1.70. The van der Waals surface area contributed by atoms with E-state index in [2.05, 4.69) is 33.6 Å². The highest BCUT2D eigenvalue weighted by Gasteiger charge is 2.29. The van der Waals surface area contributed by atoms with Gasteiger partial charge in [0.1, 0.15) is 19.0 Å². The van der Waals surface area contributed by atoms with Crippen LogP contribution in [-0.2, 0) is 0 Å². The molecule has 0 saturated carbocycles. The Morgan fingerprint density at radius 3 is 2.82 bits per heavy atom. The molecule has 9 nitrogen and oxygen atoms in total.